The van der Waals surface area contributed by atoms with E-state index in [1.807, 2.05) is 0 Å². The van der Waals surface area contributed by atoms with Crippen molar-refractivity contribution in [1.29, 1.82) is 0 Å². The molecule has 0 fully saturated rings. The van der Waals surface area contributed by atoms with Crippen molar-refractivity contribution in [2.75, 3.05) is 102 Å². The molecule has 0 atom stereocenters. The fourth-order valence-corrected chi connectivity index (χ4v) is 15.2. The average Bonchev–Trinajstić information content (AvgIpc) is 0.805. The summed E-state index contributed by atoms with van der Waals surface area (Å²) in [6.45, 7) is -2.04. The number of halogens is 14. The minimum Gasteiger partial charge on any atom is -0.395 e. The molecule has 0 saturated carbocycles. The minimum atomic E-state index is -4.05. The molecule has 8 rings (SSSR count). The summed E-state index contributed by atoms with van der Waals surface area (Å²) in [5.41, 5.74) is -0.310. The van der Waals surface area contributed by atoms with Crippen molar-refractivity contribution in [2.45, 2.75) is 19.6 Å². The molecule has 42 heteroatoms. The Bertz CT molecular complexity index is 5060. The highest BCUT2D eigenvalue weighted by Gasteiger charge is 2.29. The monoisotopic (exact) mass is 1740 g/mol. The van der Waals surface area contributed by atoms with Crippen molar-refractivity contribution in [3.05, 3.63) is 231 Å². The second-order valence-corrected chi connectivity index (χ2v) is 32.8. The highest BCUT2D eigenvalue weighted by Crippen LogP contribution is 2.32. The largest absolute Gasteiger partial charge is 0.395 e. The highest BCUT2D eigenvalue weighted by molar-refractivity contribution is 9.10. The summed E-state index contributed by atoms with van der Waals surface area (Å²) in [6.07, 6.45) is 0. The van der Waals surface area contributed by atoms with Gasteiger partial charge in [-0.25, -0.2) is 64.4 Å². The number of aliphatic hydroxyl groups excluding tert-OH is 4. The number of nitrogens with one attached hydrogen (secondary N) is 4. The van der Waals surface area contributed by atoms with Crippen LogP contribution < -0.4 is 21.3 Å². The van der Waals surface area contributed by atoms with Crippen LogP contribution in [0.25, 0.3) is 0 Å². The van der Waals surface area contributed by atoms with Crippen molar-refractivity contribution in [3.8, 4) is 0 Å². The number of hydrogen-bond donors (Lipinski definition) is 8. The van der Waals surface area contributed by atoms with E-state index in [1.54, 1.807) is 0 Å². The Kier molecular flexibility index (Phi) is 33.2. The fraction of sp³-hybridized carbons (Fsp3) is 0.188. The summed E-state index contributed by atoms with van der Waals surface area (Å²) in [6, 6.07) is 24.8. The molecule has 0 radical (unpaired) electrons. The zero-order valence-corrected chi connectivity index (χ0v) is 64.1. The number of sulfonamides is 4. The van der Waals surface area contributed by atoms with E-state index in [0.29, 0.717) is 17.8 Å². The Morgan fingerprint density at radius 3 is 1.05 bits per heavy atom. The SMILES string of the molecule is CN(CCO)S(=O)(=O)c1cc(C(=O)Nc2cc(F)c(F)c(Cl)c2)ccc1Cl.CN(CCO)S(=O)(=O)c1cc(C(=O)Nc2ccc(F)c(Cl)c2)ccc1Cl.CN(CCO)S(=O)(=O)c1ccc(Cl)c(C(=O)Nc2cc(F)c(F)c(F)c2)c1.CN(CCO)S(=O)(=O)c1ccc(Cl)c(C(=O)Nc2ccc(F)c(Br)c2)c1. The molecule has 8 aromatic carbocycles. The second kappa shape index (κ2) is 39.3. The number of nitrogens with zero attached hydrogens (tertiary/aromatic N) is 4. The maximum Gasteiger partial charge on any atom is 0.257 e. The zero-order chi connectivity index (χ0) is 79.7. The molecule has 4 amide bonds. The van der Waals surface area contributed by atoms with Crippen LogP contribution in [-0.4, -0.2) is 176 Å². The number of rotatable bonds is 24. The molecule has 0 spiro atoms. The third-order valence-corrected chi connectivity index (χ3v) is 24.3. The summed E-state index contributed by atoms with van der Waals surface area (Å²) < 4.78 is 196. The first-order chi connectivity index (χ1) is 49.5. The predicted octanol–water partition coefficient (Wildman–Crippen LogP) is 11.9. The maximum absolute atomic E-state index is 13.4. The van der Waals surface area contributed by atoms with Crippen LogP contribution in [0.2, 0.25) is 30.1 Å². The molecule has 0 saturated heterocycles. The molecular weight excluding hydrogens is 1690 g/mol. The van der Waals surface area contributed by atoms with Crippen LogP contribution in [0.15, 0.2) is 158 Å². The molecule has 0 bridgehead atoms. The van der Waals surface area contributed by atoms with Crippen LogP contribution in [0.1, 0.15) is 41.4 Å². The predicted molar refractivity (Wildman–Crippen MR) is 388 cm³/mol. The number of carbonyl (C=O) groups is 4. The number of anilines is 4. The number of likely N-dealkylation sites (N-methyl/N-ethyl adjacent to an activating group) is 4. The molecular formula is C64H58BrCl6F7N8O16S4. The fourth-order valence-electron chi connectivity index (χ4n) is 8.31. The first-order valence-electron chi connectivity index (χ1n) is 29.4. The lowest BCUT2D eigenvalue weighted by atomic mass is 10.2. The molecule has 0 heterocycles. The topological polar surface area (TPSA) is 347 Å². The number of hydrogen-bond acceptors (Lipinski definition) is 16. The first kappa shape index (κ1) is 89.5. The number of benzene rings is 8. The van der Waals surface area contributed by atoms with Gasteiger partial charge in [0.1, 0.15) is 21.4 Å². The van der Waals surface area contributed by atoms with Gasteiger partial charge >= 0.3 is 0 Å². The summed E-state index contributed by atoms with van der Waals surface area (Å²) in [5.74, 6) is -11.3. The molecule has 0 aliphatic rings. The smallest absolute Gasteiger partial charge is 0.257 e. The molecule has 8 aromatic rings. The summed E-state index contributed by atoms with van der Waals surface area (Å²) in [7, 11) is -10.8. The maximum atomic E-state index is 13.4. The third-order valence-electron chi connectivity index (χ3n) is 14.0. The zero-order valence-electron chi connectivity index (χ0n) is 54.8. The standard InChI is InChI=1S/C16H15BrClFN2O4S.C16H14Cl2F2N2O4S.C16H15Cl2FN2O4S.C16H14ClF3N2O4S/c1-21(6-7-22)26(24,25)11-3-4-14(18)12(9-11)16(23)20-10-2-5-15(19)13(17)8-10;1-22(4-5-23)27(25,26)14-6-9(2-3-11(14)17)16(24)21-10-7-12(18)15(20)13(19)8-10;1-21(6-7-22)26(24,25)15-8-10(2-4-12(15)17)16(23)20-11-3-5-14(19)13(18)9-11;1-22(4-5-23)27(25,26)10-2-3-12(17)11(8-10)16(24)21-9-6-13(18)15(20)14(19)7-9/h2-5,8-9,22H,6-7H2,1H3,(H,20,23);2-3,6-8,23H,4-5H2,1H3,(H,21,24);2-5,8-9,22H,6-7H2,1H3,(H,20,23);2-3,6-8,23H,4-5H2,1H3,(H,21,24). The third kappa shape index (κ3) is 23.4. The van der Waals surface area contributed by atoms with Gasteiger partial charge in [0.25, 0.3) is 23.6 Å². The minimum absolute atomic E-state index is 0.0332. The van der Waals surface area contributed by atoms with E-state index in [9.17, 15) is 83.6 Å². The molecule has 572 valence electrons. The molecule has 0 aliphatic heterocycles. The average molecular weight is 1750 g/mol. The molecule has 0 aliphatic carbocycles. The van der Waals surface area contributed by atoms with Gasteiger partial charge in [0.15, 0.2) is 29.1 Å². The van der Waals surface area contributed by atoms with Crippen molar-refractivity contribution in [3.63, 3.8) is 0 Å². The summed E-state index contributed by atoms with van der Waals surface area (Å²) in [4.78, 5) is 48.5. The first-order valence-corrected chi connectivity index (χ1v) is 38.2. The summed E-state index contributed by atoms with van der Waals surface area (Å²) >= 11 is 38.1. The van der Waals surface area contributed by atoms with Crippen LogP contribution in [0.3, 0.4) is 0 Å². The van der Waals surface area contributed by atoms with Gasteiger partial charge in [-0.2, -0.15) is 17.2 Å². The Morgan fingerprint density at radius 2 is 0.670 bits per heavy atom. The lowest BCUT2D eigenvalue weighted by Crippen LogP contribution is -2.30. The lowest BCUT2D eigenvalue weighted by Gasteiger charge is -2.17. The quantitative estimate of drug-likeness (QED) is 0.0206. The van der Waals surface area contributed by atoms with Gasteiger partial charge in [0.05, 0.1) is 82.0 Å². The second-order valence-electron chi connectivity index (χ2n) is 21.4. The van der Waals surface area contributed by atoms with E-state index in [1.165, 1.54) is 107 Å². The van der Waals surface area contributed by atoms with Crippen LogP contribution in [0.5, 0.6) is 0 Å². The number of carbonyl (C=O) groups excluding carboxylic acids is 4. The van der Waals surface area contributed by atoms with Crippen molar-refractivity contribution in [2.24, 2.45) is 0 Å². The van der Waals surface area contributed by atoms with Gasteiger partial charge in [-0.15, -0.1) is 0 Å². The van der Waals surface area contributed by atoms with Gasteiger partial charge in [0.2, 0.25) is 40.1 Å². The normalized spacial score (nSPS) is 11.6. The Balaban J connectivity index is 0.000000254. The number of amides is 4. The molecule has 106 heavy (non-hydrogen) atoms. The van der Waals surface area contributed by atoms with Crippen LogP contribution >= 0.6 is 85.5 Å². The van der Waals surface area contributed by atoms with Gasteiger partial charge in [-0.05, 0) is 131 Å². The summed E-state index contributed by atoms with van der Waals surface area (Å²) in [5, 5.41) is 44.2. The van der Waals surface area contributed by atoms with Crippen molar-refractivity contribution >= 4 is 172 Å². The highest BCUT2D eigenvalue weighted by atomic mass is 79.9. The van der Waals surface area contributed by atoms with E-state index in [2.05, 4.69) is 37.2 Å². The van der Waals surface area contributed by atoms with Gasteiger partial charge in [-0.3, -0.25) is 19.2 Å². The van der Waals surface area contributed by atoms with Crippen molar-refractivity contribution in [1.82, 2.24) is 17.2 Å². The van der Waals surface area contributed by atoms with Gasteiger partial charge < -0.3 is 41.7 Å². The van der Waals surface area contributed by atoms with Crippen LogP contribution in [-0.2, 0) is 40.1 Å². The lowest BCUT2D eigenvalue weighted by molar-refractivity contribution is 0.101. The molecule has 0 aromatic heterocycles. The van der Waals surface area contributed by atoms with E-state index < -0.39 is 123 Å². The van der Waals surface area contributed by atoms with E-state index >= 15 is 0 Å². The Hall–Kier alpha value is -7.15. The Morgan fingerprint density at radius 1 is 0.349 bits per heavy atom. The van der Waals surface area contributed by atoms with Crippen LogP contribution in [0.4, 0.5) is 53.5 Å². The number of aliphatic hydroxyl groups is 4. The van der Waals surface area contributed by atoms with Gasteiger partial charge in [-0.1, -0.05) is 69.6 Å². The Labute approximate surface area is 641 Å². The van der Waals surface area contributed by atoms with Gasteiger partial charge in [0, 0.05) is 106 Å². The van der Waals surface area contributed by atoms with E-state index in [4.69, 9.17) is 90.0 Å². The molecule has 0 unspecified atom stereocenters. The molecule has 24 nitrogen and oxygen atoms in total. The van der Waals surface area contributed by atoms with Crippen LogP contribution in [0, 0.1) is 40.7 Å². The van der Waals surface area contributed by atoms with E-state index in [0.717, 1.165) is 59.7 Å². The van der Waals surface area contributed by atoms with E-state index in [-0.39, 0.29) is 128 Å². The van der Waals surface area contributed by atoms with Crippen molar-refractivity contribution < 1.29 is 104 Å². The molecule has 8 N–H and O–H groups in total.